The predicted octanol–water partition coefficient (Wildman–Crippen LogP) is 3.00. The number of nitrogens with zero attached hydrogens (tertiary/aromatic N) is 3. The standard InChI is InChI=1S/C26H36N4O2/c1-19-16-29(22(14-27-19)10-11-32-4)17-25(31)30-18-26(2,3)23-15-28-21(13-24(23)30)12-20-8-6-5-7-9-20/h5-9,13,15,19,22,27H,10-12,14,16-18H2,1-4H3/t19-,22?/m1/s1. The Balaban J connectivity index is 1.53. The largest absolute Gasteiger partial charge is 0.385 e. The van der Waals surface area contributed by atoms with E-state index < -0.39 is 0 Å². The SMILES string of the molecule is COCCC1CN[C@H](C)CN1CC(=O)N1CC(C)(C)c2cnc(Cc3ccccc3)cc21. The van der Waals surface area contributed by atoms with Gasteiger partial charge in [-0.2, -0.15) is 0 Å². The minimum Gasteiger partial charge on any atom is -0.385 e. The summed E-state index contributed by atoms with van der Waals surface area (Å²) in [5.41, 5.74) is 4.31. The van der Waals surface area contributed by atoms with E-state index in [0.717, 1.165) is 42.9 Å². The third-order valence-electron chi connectivity index (χ3n) is 6.76. The summed E-state index contributed by atoms with van der Waals surface area (Å²) < 4.78 is 5.30. The molecule has 2 atom stereocenters. The molecular weight excluding hydrogens is 400 g/mol. The lowest BCUT2D eigenvalue weighted by Gasteiger charge is -2.39. The summed E-state index contributed by atoms with van der Waals surface area (Å²) in [5, 5.41) is 3.54. The average molecular weight is 437 g/mol. The van der Waals surface area contributed by atoms with E-state index in [9.17, 15) is 4.79 Å². The van der Waals surface area contributed by atoms with Gasteiger partial charge >= 0.3 is 0 Å². The topological polar surface area (TPSA) is 57.7 Å². The molecule has 2 aliphatic heterocycles. The highest BCUT2D eigenvalue weighted by Gasteiger charge is 2.39. The van der Waals surface area contributed by atoms with Crippen molar-refractivity contribution in [2.45, 2.75) is 51.1 Å². The predicted molar refractivity (Wildman–Crippen MR) is 128 cm³/mol. The van der Waals surface area contributed by atoms with Gasteiger partial charge in [0.25, 0.3) is 0 Å². The zero-order valence-electron chi connectivity index (χ0n) is 19.8. The Morgan fingerprint density at radius 2 is 2.06 bits per heavy atom. The molecular formula is C26H36N4O2. The van der Waals surface area contributed by atoms with Gasteiger partial charge in [0.15, 0.2) is 0 Å². The van der Waals surface area contributed by atoms with E-state index in [2.05, 4.69) is 61.3 Å². The molecule has 6 heteroatoms. The van der Waals surface area contributed by atoms with E-state index in [0.29, 0.717) is 31.8 Å². The summed E-state index contributed by atoms with van der Waals surface area (Å²) in [6.07, 6.45) is 3.68. The number of carbonyl (C=O) groups excluding carboxylic acids is 1. The number of hydrogen-bond acceptors (Lipinski definition) is 5. The molecule has 1 fully saturated rings. The van der Waals surface area contributed by atoms with Crippen LogP contribution in [0, 0.1) is 0 Å². The number of methoxy groups -OCH3 is 1. The first-order valence-electron chi connectivity index (χ1n) is 11.7. The maximum absolute atomic E-state index is 13.6. The van der Waals surface area contributed by atoms with E-state index in [1.54, 1.807) is 7.11 Å². The summed E-state index contributed by atoms with van der Waals surface area (Å²) in [6, 6.07) is 13.2. The fraction of sp³-hybridized carbons (Fsp3) is 0.538. The van der Waals surface area contributed by atoms with Crippen LogP contribution in [0.25, 0.3) is 0 Å². The molecule has 6 nitrogen and oxygen atoms in total. The Hall–Kier alpha value is -2.28. The minimum atomic E-state index is -0.102. The van der Waals surface area contributed by atoms with Gasteiger partial charge in [-0.3, -0.25) is 14.7 Å². The monoisotopic (exact) mass is 436 g/mol. The smallest absolute Gasteiger partial charge is 0.241 e. The molecule has 2 aromatic rings. The molecule has 1 amide bonds. The fourth-order valence-electron chi connectivity index (χ4n) is 4.94. The highest BCUT2D eigenvalue weighted by molar-refractivity contribution is 5.97. The number of ether oxygens (including phenoxy) is 1. The van der Waals surface area contributed by atoms with Gasteiger partial charge in [-0.25, -0.2) is 0 Å². The molecule has 1 aromatic heterocycles. The lowest BCUT2D eigenvalue weighted by molar-refractivity contribution is -0.120. The average Bonchev–Trinajstić information content (AvgIpc) is 3.04. The molecule has 0 saturated carbocycles. The summed E-state index contributed by atoms with van der Waals surface area (Å²) in [5.74, 6) is 0.171. The number of aromatic nitrogens is 1. The normalized spacial score (nSPS) is 22.7. The Kier molecular flexibility index (Phi) is 6.93. The van der Waals surface area contributed by atoms with E-state index in [4.69, 9.17) is 9.72 Å². The van der Waals surface area contributed by atoms with Crippen molar-refractivity contribution in [3.8, 4) is 0 Å². The lowest BCUT2D eigenvalue weighted by Crippen LogP contribution is -2.58. The number of pyridine rings is 1. The van der Waals surface area contributed by atoms with Gasteiger partial charge in [0.2, 0.25) is 5.91 Å². The number of fused-ring (bicyclic) bond motifs is 1. The van der Waals surface area contributed by atoms with Crippen LogP contribution in [0.5, 0.6) is 0 Å². The Morgan fingerprint density at radius 1 is 1.28 bits per heavy atom. The van der Waals surface area contributed by atoms with Gasteiger partial charge in [0.1, 0.15) is 0 Å². The Labute approximate surface area is 192 Å². The van der Waals surface area contributed by atoms with E-state index in [-0.39, 0.29) is 11.3 Å². The molecule has 1 saturated heterocycles. The number of nitrogens with one attached hydrogen (secondary N) is 1. The van der Waals surface area contributed by atoms with Crippen LogP contribution >= 0.6 is 0 Å². The second-order valence-electron chi connectivity index (χ2n) is 9.89. The minimum absolute atomic E-state index is 0.102. The van der Waals surface area contributed by atoms with Crippen molar-refractivity contribution in [2.75, 3.05) is 44.8 Å². The molecule has 0 aliphatic carbocycles. The van der Waals surface area contributed by atoms with Crippen molar-refractivity contribution in [3.63, 3.8) is 0 Å². The van der Waals surface area contributed by atoms with Crippen LogP contribution in [0.3, 0.4) is 0 Å². The molecule has 3 heterocycles. The maximum atomic E-state index is 13.6. The van der Waals surface area contributed by atoms with Gasteiger partial charge in [0, 0.05) is 74.7 Å². The van der Waals surface area contributed by atoms with Crippen LogP contribution < -0.4 is 10.2 Å². The molecule has 2 aliphatic rings. The van der Waals surface area contributed by atoms with Crippen LogP contribution in [-0.2, 0) is 21.4 Å². The van der Waals surface area contributed by atoms with Gasteiger partial charge in [0.05, 0.1) is 12.2 Å². The van der Waals surface area contributed by atoms with Crippen LogP contribution in [0.15, 0.2) is 42.6 Å². The third-order valence-corrected chi connectivity index (χ3v) is 6.76. The molecule has 32 heavy (non-hydrogen) atoms. The zero-order valence-corrected chi connectivity index (χ0v) is 19.8. The molecule has 0 bridgehead atoms. The highest BCUT2D eigenvalue weighted by atomic mass is 16.5. The molecule has 1 aromatic carbocycles. The first-order valence-corrected chi connectivity index (χ1v) is 11.7. The number of amides is 1. The summed E-state index contributed by atoms with van der Waals surface area (Å²) in [6.45, 7) is 10.2. The molecule has 1 unspecified atom stereocenters. The van der Waals surface area contributed by atoms with E-state index in [1.807, 2.05) is 17.2 Å². The highest BCUT2D eigenvalue weighted by Crippen LogP contribution is 2.40. The Morgan fingerprint density at radius 3 is 2.81 bits per heavy atom. The van der Waals surface area contributed by atoms with E-state index in [1.165, 1.54) is 5.56 Å². The molecule has 4 rings (SSSR count). The van der Waals surface area contributed by atoms with Crippen molar-refractivity contribution in [1.82, 2.24) is 15.2 Å². The van der Waals surface area contributed by atoms with Crippen molar-refractivity contribution in [2.24, 2.45) is 0 Å². The van der Waals surface area contributed by atoms with Gasteiger partial charge in [-0.1, -0.05) is 44.2 Å². The Bertz CT molecular complexity index is 929. The number of anilines is 1. The van der Waals surface area contributed by atoms with Crippen molar-refractivity contribution >= 4 is 11.6 Å². The first-order chi connectivity index (χ1) is 15.4. The molecule has 0 radical (unpaired) electrons. The third kappa shape index (κ3) is 5.03. The van der Waals surface area contributed by atoms with Gasteiger partial charge in [-0.15, -0.1) is 0 Å². The zero-order chi connectivity index (χ0) is 22.7. The second kappa shape index (κ2) is 9.69. The molecule has 172 valence electrons. The number of hydrogen-bond donors (Lipinski definition) is 1. The molecule has 0 spiro atoms. The number of carbonyl (C=O) groups is 1. The van der Waals surface area contributed by atoms with Crippen molar-refractivity contribution < 1.29 is 9.53 Å². The summed E-state index contributed by atoms with van der Waals surface area (Å²) >= 11 is 0. The van der Waals surface area contributed by atoms with Crippen LogP contribution in [0.1, 0.15) is 44.0 Å². The van der Waals surface area contributed by atoms with Crippen molar-refractivity contribution in [1.29, 1.82) is 0 Å². The van der Waals surface area contributed by atoms with Gasteiger partial charge in [-0.05, 0) is 25.0 Å². The lowest BCUT2D eigenvalue weighted by atomic mass is 9.88. The second-order valence-corrected chi connectivity index (χ2v) is 9.89. The fourth-order valence-corrected chi connectivity index (χ4v) is 4.94. The molecule has 1 N–H and O–H groups in total. The summed E-state index contributed by atoms with van der Waals surface area (Å²) in [7, 11) is 1.73. The summed E-state index contributed by atoms with van der Waals surface area (Å²) in [4.78, 5) is 22.6. The maximum Gasteiger partial charge on any atom is 0.241 e. The van der Waals surface area contributed by atoms with Crippen molar-refractivity contribution in [3.05, 3.63) is 59.4 Å². The first kappa shape index (κ1) is 22.9. The van der Waals surface area contributed by atoms with Crippen LogP contribution in [0.2, 0.25) is 0 Å². The van der Waals surface area contributed by atoms with Crippen LogP contribution in [0.4, 0.5) is 5.69 Å². The van der Waals surface area contributed by atoms with Crippen LogP contribution in [-0.4, -0.2) is 67.8 Å². The number of rotatable bonds is 7. The quantitative estimate of drug-likeness (QED) is 0.723. The van der Waals surface area contributed by atoms with Gasteiger partial charge < -0.3 is 15.0 Å². The number of piperazine rings is 1. The van der Waals surface area contributed by atoms with E-state index >= 15 is 0 Å². The number of benzene rings is 1.